The summed E-state index contributed by atoms with van der Waals surface area (Å²) in [5, 5.41) is 24.2. The van der Waals surface area contributed by atoms with Gasteiger partial charge >= 0.3 is 12.1 Å². The number of nitrogens with zero attached hydrogens (tertiary/aromatic N) is 4. The zero-order chi connectivity index (χ0) is 34.2. The summed E-state index contributed by atoms with van der Waals surface area (Å²) >= 11 is 0. The lowest BCUT2D eigenvalue weighted by Gasteiger charge is -2.32. The van der Waals surface area contributed by atoms with E-state index < -0.39 is 29.5 Å². The van der Waals surface area contributed by atoms with Crippen molar-refractivity contribution in [2.24, 2.45) is 22.6 Å². The minimum absolute atomic E-state index is 0.0279. The van der Waals surface area contributed by atoms with E-state index in [4.69, 9.17) is 21.1 Å². The first-order chi connectivity index (χ1) is 21.8. The third kappa shape index (κ3) is 11.9. The molecule has 0 spiro atoms. The summed E-state index contributed by atoms with van der Waals surface area (Å²) in [6, 6.07) is 13.7. The second kappa shape index (κ2) is 18.8. The molecule has 0 radical (unpaired) electrons. The van der Waals surface area contributed by atoms with E-state index in [1.807, 2.05) is 43.3 Å². The van der Waals surface area contributed by atoms with E-state index in [0.717, 1.165) is 28.2 Å². The van der Waals surface area contributed by atoms with Crippen molar-refractivity contribution >= 4 is 23.9 Å². The van der Waals surface area contributed by atoms with E-state index in [1.165, 1.54) is 11.8 Å². The number of benzene rings is 2. The van der Waals surface area contributed by atoms with Gasteiger partial charge in [-0.25, -0.2) is 15.4 Å². The quantitative estimate of drug-likeness (QED) is 0.0286. The van der Waals surface area contributed by atoms with Gasteiger partial charge in [0.25, 0.3) is 5.09 Å². The van der Waals surface area contributed by atoms with Crippen LogP contribution in [0, 0.1) is 16.0 Å². The highest BCUT2D eigenvalue weighted by Gasteiger charge is 2.32. The summed E-state index contributed by atoms with van der Waals surface area (Å²) in [6.07, 6.45) is 0.398. The lowest BCUT2D eigenvalue weighted by molar-refractivity contribution is -0.757. The fourth-order valence-corrected chi connectivity index (χ4v) is 4.52. The smallest absolute Gasteiger partial charge is 0.480 e. The molecule has 0 aromatic heterocycles. The fraction of sp³-hybridized carbons (Fsp3) is 0.484. The van der Waals surface area contributed by atoms with Gasteiger partial charge in [0.05, 0.1) is 13.2 Å². The Morgan fingerprint density at radius 2 is 1.67 bits per heavy atom. The lowest BCUT2D eigenvalue weighted by Crippen LogP contribution is -2.47. The number of hydrazine groups is 1. The number of nitrogens with two attached hydrogens (primary N) is 2. The van der Waals surface area contributed by atoms with Crippen LogP contribution in [0.25, 0.3) is 11.1 Å². The number of unbranched alkanes of at least 4 members (excludes halogenated alkanes) is 2. The molecule has 0 fully saturated rings. The van der Waals surface area contributed by atoms with Crippen LogP contribution in [0.15, 0.2) is 53.6 Å². The molecule has 0 saturated heterocycles. The molecule has 1 amide bonds. The van der Waals surface area contributed by atoms with Crippen LogP contribution < -0.4 is 11.6 Å². The number of carboxylic acid groups (broad SMARTS) is 1. The van der Waals surface area contributed by atoms with Gasteiger partial charge in [-0.3, -0.25) is 4.79 Å². The average molecular weight is 645 g/mol. The van der Waals surface area contributed by atoms with Crippen LogP contribution in [0.1, 0.15) is 70.9 Å². The molecular formula is C31H44N6O9. The third-order valence-corrected chi connectivity index (χ3v) is 6.92. The third-order valence-electron chi connectivity index (χ3n) is 6.92. The van der Waals surface area contributed by atoms with Gasteiger partial charge in [0, 0.05) is 18.5 Å². The van der Waals surface area contributed by atoms with Crippen molar-refractivity contribution in [3.8, 4) is 11.1 Å². The fourth-order valence-electron chi connectivity index (χ4n) is 4.52. The molecule has 2 rings (SSSR count). The van der Waals surface area contributed by atoms with Crippen molar-refractivity contribution in [2.75, 3.05) is 13.2 Å². The molecule has 15 nitrogen and oxygen atoms in total. The predicted molar refractivity (Wildman–Crippen MR) is 169 cm³/mol. The first-order valence-electron chi connectivity index (χ1n) is 15.0. The van der Waals surface area contributed by atoms with Crippen molar-refractivity contribution in [2.45, 2.75) is 78.6 Å². The first kappa shape index (κ1) is 37.3. The molecule has 0 aliphatic heterocycles. The Labute approximate surface area is 268 Å². The van der Waals surface area contributed by atoms with Gasteiger partial charge < -0.3 is 30.1 Å². The van der Waals surface area contributed by atoms with Crippen molar-refractivity contribution in [1.29, 1.82) is 0 Å². The number of carbonyl (C=O) groups is 3. The maximum absolute atomic E-state index is 13.0. The Hall–Kier alpha value is -4.92. The van der Waals surface area contributed by atoms with Gasteiger partial charge in [0.15, 0.2) is 5.84 Å². The van der Waals surface area contributed by atoms with Crippen LogP contribution in [0.5, 0.6) is 0 Å². The van der Waals surface area contributed by atoms with Gasteiger partial charge in [0.2, 0.25) is 12.1 Å². The lowest BCUT2D eigenvalue weighted by atomic mass is 9.97. The molecule has 5 N–H and O–H groups in total. The van der Waals surface area contributed by atoms with Crippen molar-refractivity contribution < 1.29 is 38.9 Å². The van der Waals surface area contributed by atoms with Crippen LogP contribution in [0.3, 0.4) is 0 Å². The highest BCUT2D eigenvalue weighted by Crippen LogP contribution is 2.26. The van der Waals surface area contributed by atoms with Crippen LogP contribution in [0.4, 0.5) is 4.79 Å². The zero-order valence-electron chi connectivity index (χ0n) is 26.7. The van der Waals surface area contributed by atoms with Gasteiger partial charge in [0.1, 0.15) is 6.04 Å². The maximum Gasteiger partial charge on any atom is 0.510 e. The zero-order valence-corrected chi connectivity index (χ0v) is 26.7. The summed E-state index contributed by atoms with van der Waals surface area (Å²) in [5.74, 6) is 4.52. The second-order valence-electron chi connectivity index (χ2n) is 10.8. The molecule has 2 unspecified atom stereocenters. The predicted octanol–water partition coefficient (Wildman–Crippen LogP) is 4.27. The van der Waals surface area contributed by atoms with E-state index in [-0.39, 0.29) is 43.8 Å². The first-order valence-corrected chi connectivity index (χ1v) is 15.0. The highest BCUT2D eigenvalue weighted by atomic mass is 16.9. The number of hydrazone groups is 1. The Kier molecular flexibility index (Phi) is 15.2. The second-order valence-corrected chi connectivity index (χ2v) is 10.8. The minimum Gasteiger partial charge on any atom is -0.480 e. The number of amidine groups is 1. The van der Waals surface area contributed by atoms with Crippen LogP contribution >= 0.6 is 0 Å². The van der Waals surface area contributed by atoms with Crippen molar-refractivity contribution in [1.82, 2.24) is 10.0 Å². The number of carbonyl (C=O) groups excluding carboxylic acids is 2. The summed E-state index contributed by atoms with van der Waals surface area (Å²) in [5.41, 5.74) is 9.16. The standard InChI is InChI=1S/C31H44N6O9/c1-5-6-13-27(38)35(28(21(2)3)30(39)40)20-23-14-16-24(17-15-23)25-11-7-8-12-26(25)29(32)34-36(33)22(4)46-31(41)44-18-9-10-19-45-37(42)43/h7-8,11-12,14-17,21-22,28H,5-6,9-10,13,18-20,33H2,1-4H3,(H2,32,34)(H,39,40). The molecular weight excluding hydrogens is 600 g/mol. The summed E-state index contributed by atoms with van der Waals surface area (Å²) in [7, 11) is 0. The molecule has 2 aromatic rings. The number of hydrogen-bond donors (Lipinski definition) is 3. The van der Waals surface area contributed by atoms with Gasteiger partial charge in [-0.05, 0) is 48.8 Å². The Bertz CT molecular complexity index is 1340. The number of carboxylic acids is 1. The number of rotatable bonds is 19. The molecule has 2 aromatic carbocycles. The maximum atomic E-state index is 13.0. The Balaban J connectivity index is 2.13. The Morgan fingerprint density at radius 3 is 2.28 bits per heavy atom. The molecule has 252 valence electrons. The number of amides is 1. The Morgan fingerprint density at radius 1 is 1.02 bits per heavy atom. The van der Waals surface area contributed by atoms with E-state index in [0.29, 0.717) is 24.8 Å². The topological polar surface area (TPSA) is 213 Å². The van der Waals surface area contributed by atoms with E-state index in [9.17, 15) is 29.6 Å². The largest absolute Gasteiger partial charge is 0.510 e. The minimum atomic E-state index is -1.04. The molecule has 0 heterocycles. The average Bonchev–Trinajstić information content (AvgIpc) is 3.00. The molecule has 0 saturated carbocycles. The summed E-state index contributed by atoms with van der Waals surface area (Å²) in [4.78, 5) is 52.8. The van der Waals surface area contributed by atoms with Gasteiger partial charge in [-0.1, -0.05) is 75.7 Å². The van der Waals surface area contributed by atoms with E-state index in [2.05, 4.69) is 9.94 Å². The number of ether oxygens (including phenoxy) is 2. The SMILES string of the molecule is CCCCC(=O)N(Cc1ccc(-c2ccccc2/C(N)=N/N(N)C(C)OC(=O)OCCCCO[N+](=O)[O-])cc1)C(C(=O)O)C(C)C. The van der Waals surface area contributed by atoms with Crippen LogP contribution in [0.2, 0.25) is 0 Å². The molecule has 15 heteroatoms. The number of aliphatic carboxylic acids is 1. The van der Waals surface area contributed by atoms with Crippen molar-refractivity contribution in [3.05, 3.63) is 69.8 Å². The highest BCUT2D eigenvalue weighted by molar-refractivity contribution is 6.03. The normalized spacial score (nSPS) is 12.6. The van der Waals surface area contributed by atoms with Gasteiger partial charge in [-0.2, -0.15) is 5.12 Å². The molecule has 0 aliphatic rings. The monoisotopic (exact) mass is 644 g/mol. The van der Waals surface area contributed by atoms with E-state index in [1.54, 1.807) is 26.0 Å². The molecule has 0 aliphatic carbocycles. The summed E-state index contributed by atoms with van der Waals surface area (Å²) in [6.45, 7) is 7.04. The van der Waals surface area contributed by atoms with Gasteiger partial charge in [-0.15, -0.1) is 15.2 Å². The van der Waals surface area contributed by atoms with Crippen molar-refractivity contribution in [3.63, 3.8) is 0 Å². The summed E-state index contributed by atoms with van der Waals surface area (Å²) < 4.78 is 10.0. The molecule has 2 atom stereocenters. The van der Waals surface area contributed by atoms with Crippen LogP contribution in [-0.2, 0) is 30.4 Å². The number of hydrogen-bond acceptors (Lipinski definition) is 11. The van der Waals surface area contributed by atoms with Crippen LogP contribution in [-0.4, -0.2) is 69.6 Å². The van der Waals surface area contributed by atoms with E-state index >= 15 is 0 Å². The molecule has 0 bridgehead atoms. The molecule has 46 heavy (non-hydrogen) atoms.